The monoisotopic (exact) mass is 458 g/mol. The molecule has 0 amide bonds. The van der Waals surface area contributed by atoms with Crippen molar-refractivity contribution >= 4 is 48.3 Å². The highest BCUT2D eigenvalue weighted by Crippen LogP contribution is 2.44. The summed E-state index contributed by atoms with van der Waals surface area (Å²) in [5, 5.41) is 0. The standard InChI is InChI=1S/C20H27IS2/c1-9-10-17(22)13(2)14-11-15(19(3,4)5)18(23-21)16(12-14)20(6,7)8/h9-12,22H,1-2H2,3-8H3/b17-10-. The molecule has 0 nitrogen and oxygen atoms in total. The number of allylic oxidation sites excluding steroid dienone is 3. The van der Waals surface area contributed by atoms with Crippen molar-refractivity contribution < 1.29 is 0 Å². The smallest absolute Gasteiger partial charge is 0.0253 e. The first-order valence-electron chi connectivity index (χ1n) is 7.62. The molecule has 126 valence electrons. The summed E-state index contributed by atoms with van der Waals surface area (Å²) >= 11 is 6.96. The van der Waals surface area contributed by atoms with Gasteiger partial charge in [-0.3, -0.25) is 0 Å². The molecular formula is C20H27IS2. The van der Waals surface area contributed by atoms with Crippen LogP contribution in [0.1, 0.15) is 58.2 Å². The van der Waals surface area contributed by atoms with E-state index in [1.165, 1.54) is 16.0 Å². The van der Waals surface area contributed by atoms with Gasteiger partial charge < -0.3 is 0 Å². The van der Waals surface area contributed by atoms with Crippen molar-refractivity contribution in [2.75, 3.05) is 0 Å². The van der Waals surface area contributed by atoms with Crippen molar-refractivity contribution in [1.29, 1.82) is 0 Å². The Morgan fingerprint density at radius 3 is 1.83 bits per heavy atom. The van der Waals surface area contributed by atoms with E-state index in [1.807, 2.05) is 6.08 Å². The summed E-state index contributed by atoms with van der Waals surface area (Å²) in [6.45, 7) is 21.6. The highest BCUT2D eigenvalue weighted by Gasteiger charge is 2.27. The number of halogens is 1. The van der Waals surface area contributed by atoms with E-state index in [1.54, 1.807) is 15.0 Å². The molecule has 0 fully saturated rings. The zero-order valence-corrected chi connectivity index (χ0v) is 18.8. The third kappa shape index (κ3) is 5.17. The largest absolute Gasteiger partial charge is 0.143 e. The normalized spacial score (nSPS) is 13.1. The van der Waals surface area contributed by atoms with Gasteiger partial charge in [-0.1, -0.05) is 69.7 Å². The van der Waals surface area contributed by atoms with E-state index >= 15 is 0 Å². The van der Waals surface area contributed by atoms with Gasteiger partial charge in [0.1, 0.15) is 0 Å². The first-order valence-corrected chi connectivity index (χ1v) is 11.4. The number of rotatable bonds is 4. The summed E-state index contributed by atoms with van der Waals surface area (Å²) in [5.41, 5.74) is 4.94. The number of hydrogen-bond acceptors (Lipinski definition) is 2. The van der Waals surface area contributed by atoms with E-state index in [9.17, 15) is 0 Å². The predicted octanol–water partition coefficient (Wildman–Crippen LogP) is 7.74. The van der Waals surface area contributed by atoms with Crippen molar-refractivity contribution in [1.82, 2.24) is 0 Å². The molecule has 1 aromatic carbocycles. The van der Waals surface area contributed by atoms with Crippen molar-refractivity contribution in [3.8, 4) is 0 Å². The third-order valence-electron chi connectivity index (χ3n) is 3.72. The minimum absolute atomic E-state index is 0.0721. The predicted molar refractivity (Wildman–Crippen MR) is 120 cm³/mol. The molecule has 0 aliphatic carbocycles. The minimum atomic E-state index is 0.0721. The van der Waals surface area contributed by atoms with Gasteiger partial charge in [0, 0.05) is 31.0 Å². The van der Waals surface area contributed by atoms with Crippen molar-refractivity contribution in [2.24, 2.45) is 0 Å². The molecule has 3 heteroatoms. The molecule has 0 unspecified atom stereocenters. The average Bonchev–Trinajstić information content (AvgIpc) is 2.43. The second-order valence-corrected chi connectivity index (χ2v) is 10.1. The van der Waals surface area contributed by atoms with E-state index in [0.717, 1.165) is 16.0 Å². The van der Waals surface area contributed by atoms with Crippen molar-refractivity contribution in [3.05, 3.63) is 59.0 Å². The van der Waals surface area contributed by atoms with Crippen LogP contribution < -0.4 is 0 Å². The number of hydrogen-bond donors (Lipinski definition) is 1. The summed E-state index contributed by atoms with van der Waals surface area (Å²) in [4.78, 5) is 2.23. The van der Waals surface area contributed by atoms with E-state index in [-0.39, 0.29) is 10.8 Å². The lowest BCUT2D eigenvalue weighted by atomic mass is 9.78. The third-order valence-corrected chi connectivity index (χ3v) is 6.05. The van der Waals surface area contributed by atoms with Crippen LogP contribution in [0.4, 0.5) is 0 Å². The molecule has 0 N–H and O–H groups in total. The van der Waals surface area contributed by atoms with E-state index in [2.05, 4.69) is 101 Å². The van der Waals surface area contributed by atoms with Crippen molar-refractivity contribution in [3.63, 3.8) is 0 Å². The topological polar surface area (TPSA) is 0 Å². The van der Waals surface area contributed by atoms with Crippen LogP contribution in [0.2, 0.25) is 0 Å². The molecule has 0 aliphatic rings. The lowest BCUT2D eigenvalue weighted by Gasteiger charge is -2.30. The Hall–Kier alpha value is -0.130. The number of thiol groups is 1. The molecular weight excluding hydrogens is 431 g/mol. The lowest BCUT2D eigenvalue weighted by Crippen LogP contribution is -2.19. The first kappa shape index (κ1) is 20.9. The van der Waals surface area contributed by atoms with Crippen LogP contribution in [0.5, 0.6) is 0 Å². The van der Waals surface area contributed by atoms with E-state index in [4.69, 9.17) is 0 Å². The van der Waals surface area contributed by atoms with Crippen LogP contribution in [0.3, 0.4) is 0 Å². The molecule has 1 aromatic rings. The zero-order chi connectivity index (χ0) is 18.0. The van der Waals surface area contributed by atoms with Gasteiger partial charge in [-0.25, -0.2) is 0 Å². The Morgan fingerprint density at radius 1 is 1.09 bits per heavy atom. The second kappa shape index (κ2) is 7.83. The molecule has 23 heavy (non-hydrogen) atoms. The fraction of sp³-hybridized carbons (Fsp3) is 0.400. The molecule has 0 bridgehead atoms. The highest BCUT2D eigenvalue weighted by atomic mass is 127. The Labute approximate surface area is 163 Å². The summed E-state index contributed by atoms with van der Waals surface area (Å²) in [6.07, 6.45) is 3.64. The maximum atomic E-state index is 4.56. The van der Waals surface area contributed by atoms with Crippen molar-refractivity contribution in [2.45, 2.75) is 57.3 Å². The van der Waals surface area contributed by atoms with Gasteiger partial charge in [0.05, 0.1) is 0 Å². The summed E-state index contributed by atoms with van der Waals surface area (Å²) < 4.78 is 0. The van der Waals surface area contributed by atoms with Crippen LogP contribution in [-0.2, 0) is 10.8 Å². The van der Waals surface area contributed by atoms with E-state index < -0.39 is 0 Å². The summed E-state index contributed by atoms with van der Waals surface area (Å²) in [5.74, 6) is 0. The second-order valence-electron chi connectivity index (χ2n) is 7.74. The SMILES string of the molecule is C=C/C=C(\S)C(=C)c1cc(C(C)(C)C)c(SI)c(C(C)(C)C)c1. The summed E-state index contributed by atoms with van der Waals surface area (Å²) in [7, 11) is 1.81. The van der Waals surface area contributed by atoms with Crippen LogP contribution in [0.25, 0.3) is 5.57 Å². The van der Waals surface area contributed by atoms with Crippen LogP contribution in [0, 0.1) is 0 Å². The maximum absolute atomic E-state index is 4.56. The molecule has 0 atom stereocenters. The van der Waals surface area contributed by atoms with Gasteiger partial charge in [0.2, 0.25) is 0 Å². The fourth-order valence-electron chi connectivity index (χ4n) is 2.36. The maximum Gasteiger partial charge on any atom is 0.0253 e. The lowest BCUT2D eigenvalue weighted by molar-refractivity contribution is 0.546. The van der Waals surface area contributed by atoms with Crippen LogP contribution >= 0.6 is 42.8 Å². The Bertz CT molecular complexity index is 606. The Kier molecular flexibility index (Phi) is 7.12. The Balaban J connectivity index is 3.73. The molecule has 0 saturated heterocycles. The van der Waals surface area contributed by atoms with Gasteiger partial charge in [0.15, 0.2) is 0 Å². The highest BCUT2D eigenvalue weighted by molar-refractivity contribution is 14.2. The number of benzene rings is 1. The van der Waals surface area contributed by atoms with Gasteiger partial charge in [0.25, 0.3) is 0 Å². The molecule has 0 radical (unpaired) electrons. The minimum Gasteiger partial charge on any atom is -0.143 e. The van der Waals surface area contributed by atoms with E-state index in [0.29, 0.717) is 0 Å². The van der Waals surface area contributed by atoms with Gasteiger partial charge in [-0.15, -0.1) is 12.6 Å². The quantitative estimate of drug-likeness (QED) is 0.274. The molecule has 1 rings (SSSR count). The first-order chi connectivity index (χ1) is 10.4. The van der Waals surface area contributed by atoms with Gasteiger partial charge in [-0.2, -0.15) is 0 Å². The van der Waals surface area contributed by atoms with Gasteiger partial charge >= 0.3 is 0 Å². The van der Waals surface area contributed by atoms with Gasteiger partial charge in [-0.05, 0) is 51.3 Å². The summed E-state index contributed by atoms with van der Waals surface area (Å²) in [6, 6.07) is 4.54. The molecule has 0 spiro atoms. The van der Waals surface area contributed by atoms with Crippen LogP contribution in [-0.4, -0.2) is 0 Å². The molecule has 0 aromatic heterocycles. The van der Waals surface area contributed by atoms with Crippen LogP contribution in [0.15, 0.2) is 47.2 Å². The fourth-order valence-corrected chi connectivity index (χ4v) is 4.91. The molecule has 0 heterocycles. The molecule has 0 aliphatic heterocycles. The molecule has 0 saturated carbocycles. The zero-order valence-electron chi connectivity index (χ0n) is 15.0. The Morgan fingerprint density at radius 2 is 1.52 bits per heavy atom. The average molecular weight is 458 g/mol.